The van der Waals surface area contributed by atoms with Crippen molar-refractivity contribution in [2.24, 2.45) is 0 Å². The second-order valence-corrected chi connectivity index (χ2v) is 7.45. The van der Waals surface area contributed by atoms with E-state index >= 15 is 0 Å². The number of halogens is 2. The first-order valence-electron chi connectivity index (χ1n) is 6.26. The summed E-state index contributed by atoms with van der Waals surface area (Å²) in [6.07, 6.45) is 2.82. The van der Waals surface area contributed by atoms with Crippen LogP contribution < -0.4 is 9.46 Å². The number of pyridine rings is 2. The molecule has 3 aromatic heterocycles. The molecule has 3 aromatic rings. The Morgan fingerprint density at radius 1 is 1.39 bits per heavy atom. The molecule has 2 N–H and O–H groups in total. The molecule has 0 aliphatic heterocycles. The second-order valence-electron chi connectivity index (χ2n) is 4.49. The fourth-order valence-corrected chi connectivity index (χ4v) is 3.66. The summed E-state index contributed by atoms with van der Waals surface area (Å²) in [7, 11) is -2.45. The zero-order chi connectivity index (χ0) is 16.6. The smallest absolute Gasteiger partial charge is 0.265 e. The van der Waals surface area contributed by atoms with Gasteiger partial charge in [0, 0.05) is 22.3 Å². The largest absolute Gasteiger partial charge is 0.493 e. The van der Waals surface area contributed by atoms with Crippen LogP contribution in [0, 0.1) is 0 Å². The van der Waals surface area contributed by atoms with E-state index in [1.54, 1.807) is 12.1 Å². The maximum absolute atomic E-state index is 12.6. The van der Waals surface area contributed by atoms with Gasteiger partial charge in [-0.25, -0.2) is 18.4 Å². The van der Waals surface area contributed by atoms with Crippen LogP contribution in [0.5, 0.6) is 5.75 Å². The molecule has 0 aromatic carbocycles. The topological polar surface area (TPSA) is 97.0 Å². The van der Waals surface area contributed by atoms with Gasteiger partial charge in [0.05, 0.1) is 7.11 Å². The maximum atomic E-state index is 12.6. The van der Waals surface area contributed by atoms with Crippen molar-refractivity contribution < 1.29 is 13.2 Å². The molecule has 0 saturated carbocycles. The summed E-state index contributed by atoms with van der Waals surface area (Å²) < 4.78 is 33.4. The highest BCUT2D eigenvalue weighted by Gasteiger charge is 2.22. The summed E-state index contributed by atoms with van der Waals surface area (Å²) in [6, 6.07) is 4.72. The van der Waals surface area contributed by atoms with Gasteiger partial charge in [0.1, 0.15) is 15.7 Å². The number of ether oxygens (including phenoxy) is 1. The van der Waals surface area contributed by atoms with Crippen molar-refractivity contribution >= 4 is 54.4 Å². The Kier molecular flexibility index (Phi) is 4.17. The lowest BCUT2D eigenvalue weighted by atomic mass is 10.3. The summed E-state index contributed by atoms with van der Waals surface area (Å²) in [4.78, 5) is 10.9. The number of aromatic amines is 1. The molecule has 0 amide bonds. The van der Waals surface area contributed by atoms with E-state index in [2.05, 4.69) is 35.6 Å². The number of H-pyrrole nitrogens is 1. The van der Waals surface area contributed by atoms with Gasteiger partial charge in [0.25, 0.3) is 10.0 Å². The maximum Gasteiger partial charge on any atom is 0.265 e. The van der Waals surface area contributed by atoms with Gasteiger partial charge in [-0.2, -0.15) is 0 Å². The molecule has 0 fully saturated rings. The van der Waals surface area contributed by atoms with Crippen LogP contribution in [0.3, 0.4) is 0 Å². The van der Waals surface area contributed by atoms with Crippen molar-refractivity contribution in [1.29, 1.82) is 0 Å². The van der Waals surface area contributed by atoms with E-state index in [1.807, 2.05) is 0 Å². The fraction of sp³-hybridized carbons (Fsp3) is 0.0769. The number of anilines is 1. The van der Waals surface area contributed by atoms with Gasteiger partial charge in [-0.05, 0) is 34.1 Å². The average molecular weight is 418 g/mol. The summed E-state index contributed by atoms with van der Waals surface area (Å²) in [5.74, 6) is 0.385. The summed E-state index contributed by atoms with van der Waals surface area (Å²) in [5.41, 5.74) is 0.383. The van der Waals surface area contributed by atoms with Crippen LogP contribution in [0.4, 0.5) is 5.82 Å². The van der Waals surface area contributed by atoms with Crippen molar-refractivity contribution in [2.75, 3.05) is 11.8 Å². The first-order valence-corrected chi connectivity index (χ1v) is 8.92. The normalized spacial score (nSPS) is 11.6. The zero-order valence-electron chi connectivity index (χ0n) is 11.7. The number of fused-ring (bicyclic) bond motifs is 1. The molecule has 10 heteroatoms. The molecule has 23 heavy (non-hydrogen) atoms. The first-order chi connectivity index (χ1) is 10.9. The molecule has 0 aliphatic rings. The molecule has 0 radical (unpaired) electrons. The third-order valence-corrected chi connectivity index (χ3v) is 5.05. The average Bonchev–Trinajstić information content (AvgIpc) is 2.92. The zero-order valence-corrected chi connectivity index (χ0v) is 14.8. The molecule has 0 saturated heterocycles. The minimum Gasteiger partial charge on any atom is -0.493 e. The van der Waals surface area contributed by atoms with Gasteiger partial charge < -0.3 is 9.72 Å². The fourth-order valence-electron chi connectivity index (χ4n) is 2.01. The van der Waals surface area contributed by atoms with Crippen LogP contribution in [0.2, 0.25) is 5.15 Å². The second kappa shape index (κ2) is 5.99. The van der Waals surface area contributed by atoms with Gasteiger partial charge in [-0.15, -0.1) is 0 Å². The van der Waals surface area contributed by atoms with Gasteiger partial charge in [-0.1, -0.05) is 11.6 Å². The molecular formula is C13H10BrClN4O3S. The lowest BCUT2D eigenvalue weighted by molar-refractivity contribution is 0.415. The third-order valence-electron chi connectivity index (χ3n) is 3.03. The Morgan fingerprint density at radius 2 is 2.17 bits per heavy atom. The number of aromatic nitrogens is 3. The van der Waals surface area contributed by atoms with Crippen LogP contribution in [0.1, 0.15) is 0 Å². The Morgan fingerprint density at radius 3 is 2.91 bits per heavy atom. The van der Waals surface area contributed by atoms with Crippen molar-refractivity contribution in [3.8, 4) is 5.75 Å². The molecule has 0 atom stereocenters. The van der Waals surface area contributed by atoms with E-state index in [0.29, 0.717) is 21.3 Å². The van der Waals surface area contributed by atoms with E-state index in [4.69, 9.17) is 16.3 Å². The van der Waals surface area contributed by atoms with E-state index in [-0.39, 0.29) is 15.9 Å². The van der Waals surface area contributed by atoms with Crippen molar-refractivity contribution in [3.63, 3.8) is 0 Å². The van der Waals surface area contributed by atoms with Crippen molar-refractivity contribution in [2.45, 2.75) is 4.90 Å². The van der Waals surface area contributed by atoms with Crippen LogP contribution in [0.15, 0.2) is 40.0 Å². The number of hydrogen-bond acceptors (Lipinski definition) is 5. The molecule has 0 aliphatic carbocycles. The van der Waals surface area contributed by atoms with E-state index in [0.717, 1.165) is 0 Å². The summed E-state index contributed by atoms with van der Waals surface area (Å²) >= 11 is 9.05. The lowest BCUT2D eigenvalue weighted by Crippen LogP contribution is -2.14. The van der Waals surface area contributed by atoms with Crippen LogP contribution in [-0.4, -0.2) is 30.5 Å². The standard InChI is InChI=1S/C13H10BrClN4O3S/c1-22-9-4-7(14)5-16-13(9)19-23(20,21)10-6-17-12-8(10)2-3-11(15)18-12/h2-6H,1H3,(H,16,19)(H,17,18). The number of nitrogens with zero attached hydrogens (tertiary/aromatic N) is 2. The highest BCUT2D eigenvalue weighted by molar-refractivity contribution is 9.10. The van der Waals surface area contributed by atoms with E-state index < -0.39 is 10.0 Å². The number of hydrogen-bond donors (Lipinski definition) is 2. The van der Waals surface area contributed by atoms with Crippen molar-refractivity contribution in [1.82, 2.24) is 15.0 Å². The van der Waals surface area contributed by atoms with Crippen LogP contribution in [0.25, 0.3) is 11.0 Å². The molecule has 3 heterocycles. The Bertz CT molecular complexity index is 990. The predicted octanol–water partition coefficient (Wildman–Crippen LogP) is 3.18. The third kappa shape index (κ3) is 3.12. The molecule has 7 nitrogen and oxygen atoms in total. The molecule has 0 spiro atoms. The number of rotatable bonds is 4. The van der Waals surface area contributed by atoms with Gasteiger partial charge in [0.2, 0.25) is 0 Å². The molecule has 120 valence electrons. The Balaban J connectivity index is 2.04. The highest BCUT2D eigenvalue weighted by atomic mass is 79.9. The monoisotopic (exact) mass is 416 g/mol. The summed E-state index contributed by atoms with van der Waals surface area (Å²) in [5, 5.41) is 0.700. The minimum absolute atomic E-state index is 0.0449. The summed E-state index contributed by atoms with van der Waals surface area (Å²) in [6.45, 7) is 0. The van der Waals surface area contributed by atoms with Gasteiger partial charge in [0.15, 0.2) is 11.6 Å². The lowest BCUT2D eigenvalue weighted by Gasteiger charge is -2.10. The Labute approximate surface area is 145 Å². The molecule has 3 rings (SSSR count). The predicted molar refractivity (Wildman–Crippen MR) is 90.4 cm³/mol. The van der Waals surface area contributed by atoms with Gasteiger partial charge >= 0.3 is 0 Å². The first kappa shape index (κ1) is 16.0. The quantitative estimate of drug-likeness (QED) is 0.636. The van der Waals surface area contributed by atoms with E-state index in [9.17, 15) is 8.42 Å². The SMILES string of the molecule is COc1cc(Br)cnc1NS(=O)(=O)c1c[nH]c2nc(Cl)ccc12. The van der Waals surface area contributed by atoms with Crippen LogP contribution in [-0.2, 0) is 10.0 Å². The van der Waals surface area contributed by atoms with Crippen molar-refractivity contribution in [3.05, 3.63) is 40.2 Å². The highest BCUT2D eigenvalue weighted by Crippen LogP contribution is 2.29. The number of sulfonamides is 1. The minimum atomic E-state index is -3.88. The molecular weight excluding hydrogens is 408 g/mol. The number of nitrogens with one attached hydrogen (secondary N) is 2. The van der Waals surface area contributed by atoms with Gasteiger partial charge in [-0.3, -0.25) is 4.72 Å². The molecule has 0 unspecified atom stereocenters. The Hall–Kier alpha value is -1.84. The number of methoxy groups -OCH3 is 1. The van der Waals surface area contributed by atoms with E-state index in [1.165, 1.54) is 25.6 Å². The van der Waals surface area contributed by atoms with Crippen LogP contribution >= 0.6 is 27.5 Å². The molecule has 0 bridgehead atoms.